The molecule has 1 saturated carbocycles. The number of nitrogen functional groups attached to an aromatic ring is 1. The average Bonchev–Trinajstić information content (AvgIpc) is 2.87. The summed E-state index contributed by atoms with van der Waals surface area (Å²) in [7, 11) is 4.04. The zero-order valence-electron chi connectivity index (χ0n) is 9.08. The van der Waals surface area contributed by atoms with E-state index in [4.69, 9.17) is 11.1 Å². The summed E-state index contributed by atoms with van der Waals surface area (Å²) in [4.78, 5) is 7.56. The smallest absolute Gasteiger partial charge is 0.135 e. The van der Waals surface area contributed by atoms with Crippen LogP contribution in [0.25, 0.3) is 0 Å². The lowest BCUT2D eigenvalue weighted by Crippen LogP contribution is -2.11. The third kappa shape index (κ3) is 2.35. The summed E-state index contributed by atoms with van der Waals surface area (Å²) in [6.07, 6.45) is 2.40. The lowest BCUT2D eigenvalue weighted by Gasteiger charge is -2.04. The van der Waals surface area contributed by atoms with Crippen LogP contribution in [0.1, 0.15) is 34.3 Å². The first kappa shape index (κ1) is 10.6. The predicted molar refractivity (Wildman–Crippen MR) is 62.5 cm³/mol. The molecule has 2 rings (SSSR count). The van der Waals surface area contributed by atoms with Gasteiger partial charge in [-0.25, -0.2) is 4.98 Å². The number of hydrogen-bond donors (Lipinski definition) is 2. The van der Waals surface area contributed by atoms with E-state index in [0.717, 1.165) is 22.1 Å². The summed E-state index contributed by atoms with van der Waals surface area (Å²) in [6.45, 7) is 0.831. The Balaban J connectivity index is 2.27. The van der Waals surface area contributed by atoms with Crippen LogP contribution in [-0.2, 0) is 6.54 Å². The van der Waals surface area contributed by atoms with Gasteiger partial charge in [0.2, 0.25) is 0 Å². The third-order valence-corrected chi connectivity index (χ3v) is 3.45. The van der Waals surface area contributed by atoms with Crippen molar-refractivity contribution in [1.29, 1.82) is 5.41 Å². The largest absolute Gasteiger partial charge is 0.383 e. The van der Waals surface area contributed by atoms with Gasteiger partial charge < -0.3 is 10.6 Å². The maximum absolute atomic E-state index is 7.53. The Kier molecular flexibility index (Phi) is 2.75. The summed E-state index contributed by atoms with van der Waals surface area (Å²) in [5.74, 6) is 0.732. The highest BCUT2D eigenvalue weighted by Gasteiger charge is 2.30. The fraction of sp³-hybridized carbons (Fsp3) is 0.600. The minimum atomic E-state index is 0.166. The molecule has 0 aromatic carbocycles. The highest BCUT2D eigenvalue weighted by molar-refractivity contribution is 7.13. The molecular formula is C10H16N4S. The van der Waals surface area contributed by atoms with Gasteiger partial charge in [0.05, 0.1) is 10.6 Å². The van der Waals surface area contributed by atoms with E-state index in [1.54, 1.807) is 11.3 Å². The van der Waals surface area contributed by atoms with Gasteiger partial charge >= 0.3 is 0 Å². The van der Waals surface area contributed by atoms with Gasteiger partial charge in [-0.05, 0) is 26.9 Å². The van der Waals surface area contributed by atoms with Gasteiger partial charge in [0.1, 0.15) is 10.8 Å². The molecule has 15 heavy (non-hydrogen) atoms. The zero-order valence-corrected chi connectivity index (χ0v) is 9.90. The van der Waals surface area contributed by atoms with Gasteiger partial charge in [-0.2, -0.15) is 0 Å². The van der Waals surface area contributed by atoms with Crippen molar-refractivity contribution in [1.82, 2.24) is 9.88 Å². The molecule has 82 valence electrons. The first-order valence-corrected chi connectivity index (χ1v) is 5.88. The van der Waals surface area contributed by atoms with Crippen LogP contribution in [-0.4, -0.2) is 29.8 Å². The summed E-state index contributed by atoms with van der Waals surface area (Å²) in [5.41, 5.74) is 6.62. The molecule has 0 atom stereocenters. The molecule has 1 aromatic rings. The maximum atomic E-state index is 7.53. The summed E-state index contributed by atoms with van der Waals surface area (Å²) in [6, 6.07) is 0. The van der Waals surface area contributed by atoms with Gasteiger partial charge in [-0.3, -0.25) is 5.41 Å². The van der Waals surface area contributed by atoms with E-state index in [-0.39, 0.29) is 5.84 Å². The molecule has 0 unspecified atom stereocenters. The Morgan fingerprint density at radius 1 is 1.60 bits per heavy atom. The standard InChI is InChI=1S/C10H16N4S/c1-14(2)5-7-13-8(6-3-4-6)9(15-7)10(11)12/h6H,3-5H2,1-2H3,(H3,11,12). The molecule has 0 aliphatic heterocycles. The number of nitrogens with two attached hydrogens (primary N) is 1. The van der Waals surface area contributed by atoms with Crippen LogP contribution in [0.4, 0.5) is 0 Å². The van der Waals surface area contributed by atoms with Gasteiger partial charge in [-0.1, -0.05) is 0 Å². The Labute approximate surface area is 93.6 Å². The highest BCUT2D eigenvalue weighted by Crippen LogP contribution is 2.42. The van der Waals surface area contributed by atoms with E-state index in [9.17, 15) is 0 Å². The fourth-order valence-corrected chi connectivity index (χ4v) is 2.67. The van der Waals surface area contributed by atoms with Gasteiger partial charge in [0, 0.05) is 12.5 Å². The molecule has 0 bridgehead atoms. The zero-order chi connectivity index (χ0) is 11.0. The monoisotopic (exact) mass is 224 g/mol. The molecule has 1 fully saturated rings. The maximum Gasteiger partial charge on any atom is 0.135 e. The Morgan fingerprint density at radius 2 is 2.27 bits per heavy atom. The lowest BCUT2D eigenvalue weighted by atomic mass is 10.2. The SMILES string of the molecule is CN(C)Cc1nc(C2CC2)c(C(=N)N)s1. The van der Waals surface area contributed by atoms with Gasteiger partial charge in [-0.15, -0.1) is 11.3 Å². The Hall–Kier alpha value is -0.940. The van der Waals surface area contributed by atoms with Crippen LogP contribution < -0.4 is 5.73 Å². The summed E-state index contributed by atoms with van der Waals surface area (Å²) in [5, 5.41) is 8.59. The average molecular weight is 224 g/mol. The van der Waals surface area contributed by atoms with Crippen molar-refractivity contribution >= 4 is 17.2 Å². The van der Waals surface area contributed by atoms with Crippen LogP contribution in [0.2, 0.25) is 0 Å². The molecule has 1 aliphatic rings. The second-order valence-electron chi connectivity index (χ2n) is 4.25. The van der Waals surface area contributed by atoms with Crippen LogP contribution >= 0.6 is 11.3 Å². The number of nitrogens with one attached hydrogen (secondary N) is 1. The molecule has 4 nitrogen and oxygen atoms in total. The molecule has 0 saturated heterocycles. The first-order valence-electron chi connectivity index (χ1n) is 5.06. The van der Waals surface area contributed by atoms with E-state index >= 15 is 0 Å². The second-order valence-corrected chi connectivity index (χ2v) is 5.33. The van der Waals surface area contributed by atoms with Crippen LogP contribution in [0.15, 0.2) is 0 Å². The molecule has 0 radical (unpaired) electrons. The van der Waals surface area contributed by atoms with E-state index in [2.05, 4.69) is 9.88 Å². The van der Waals surface area contributed by atoms with Crippen LogP contribution in [0.3, 0.4) is 0 Å². The van der Waals surface area contributed by atoms with E-state index in [1.165, 1.54) is 12.8 Å². The number of rotatable bonds is 4. The Morgan fingerprint density at radius 3 is 2.73 bits per heavy atom. The van der Waals surface area contributed by atoms with Gasteiger partial charge in [0.25, 0.3) is 0 Å². The second kappa shape index (κ2) is 3.90. The third-order valence-electron chi connectivity index (χ3n) is 2.36. The highest BCUT2D eigenvalue weighted by atomic mass is 32.1. The molecule has 1 heterocycles. The van der Waals surface area contributed by atoms with Crippen molar-refractivity contribution < 1.29 is 0 Å². The molecule has 0 amide bonds. The van der Waals surface area contributed by atoms with Crippen LogP contribution in [0, 0.1) is 5.41 Å². The number of hydrogen-bond acceptors (Lipinski definition) is 4. The molecule has 0 spiro atoms. The van der Waals surface area contributed by atoms with Crippen molar-refractivity contribution in [3.05, 3.63) is 15.6 Å². The molecule has 1 aliphatic carbocycles. The van der Waals surface area contributed by atoms with Crippen molar-refractivity contribution in [3.8, 4) is 0 Å². The molecule has 5 heteroatoms. The summed E-state index contributed by atoms with van der Waals surface area (Å²) >= 11 is 1.56. The van der Waals surface area contributed by atoms with E-state index in [1.807, 2.05) is 14.1 Å². The summed E-state index contributed by atoms with van der Waals surface area (Å²) < 4.78 is 0. The minimum absolute atomic E-state index is 0.166. The quantitative estimate of drug-likeness (QED) is 0.599. The van der Waals surface area contributed by atoms with Crippen LogP contribution in [0.5, 0.6) is 0 Å². The van der Waals surface area contributed by atoms with Crippen molar-refractivity contribution in [2.75, 3.05) is 14.1 Å². The molecule has 1 aromatic heterocycles. The van der Waals surface area contributed by atoms with E-state index in [0.29, 0.717) is 5.92 Å². The molecule has 3 N–H and O–H groups in total. The fourth-order valence-electron chi connectivity index (χ4n) is 1.54. The topological polar surface area (TPSA) is 66.0 Å². The Bertz CT molecular complexity index is 379. The van der Waals surface area contributed by atoms with E-state index < -0.39 is 0 Å². The molecular weight excluding hydrogens is 208 g/mol. The number of aromatic nitrogens is 1. The first-order chi connectivity index (χ1) is 7.08. The number of thiazole rings is 1. The lowest BCUT2D eigenvalue weighted by molar-refractivity contribution is 0.401. The van der Waals surface area contributed by atoms with Crippen molar-refractivity contribution in [3.63, 3.8) is 0 Å². The number of nitrogens with zero attached hydrogens (tertiary/aromatic N) is 2. The van der Waals surface area contributed by atoms with Crippen molar-refractivity contribution in [2.45, 2.75) is 25.3 Å². The van der Waals surface area contributed by atoms with Crippen molar-refractivity contribution in [2.24, 2.45) is 5.73 Å². The predicted octanol–water partition coefficient (Wildman–Crippen LogP) is 1.37. The normalized spacial score (nSPS) is 15.9. The van der Waals surface area contributed by atoms with Gasteiger partial charge in [0.15, 0.2) is 0 Å². The minimum Gasteiger partial charge on any atom is -0.383 e. The number of amidine groups is 1.